The SMILES string of the molecule is CC(C)C(NC=O)NC(=O)OCc1ccccc1. The molecule has 0 aromatic heterocycles. The smallest absolute Gasteiger partial charge is 0.409 e. The average Bonchev–Trinajstić information content (AvgIpc) is 2.37. The molecule has 1 rings (SSSR count). The van der Waals surface area contributed by atoms with Crippen LogP contribution < -0.4 is 10.6 Å². The van der Waals surface area contributed by atoms with Gasteiger partial charge in [-0.05, 0) is 11.5 Å². The van der Waals surface area contributed by atoms with E-state index in [-0.39, 0.29) is 12.5 Å². The monoisotopic (exact) mass is 250 g/mol. The second-order valence-electron chi connectivity index (χ2n) is 4.21. The molecule has 1 unspecified atom stereocenters. The molecule has 0 saturated carbocycles. The Kier molecular flexibility index (Phi) is 5.70. The van der Waals surface area contributed by atoms with Crippen molar-refractivity contribution in [3.63, 3.8) is 0 Å². The molecule has 0 radical (unpaired) electrons. The minimum atomic E-state index is -0.549. The van der Waals surface area contributed by atoms with Gasteiger partial charge in [-0.15, -0.1) is 0 Å². The Balaban J connectivity index is 2.38. The van der Waals surface area contributed by atoms with Gasteiger partial charge in [-0.25, -0.2) is 4.79 Å². The normalized spacial score (nSPS) is 11.7. The van der Waals surface area contributed by atoms with Crippen LogP contribution in [0.3, 0.4) is 0 Å². The van der Waals surface area contributed by atoms with Crippen LogP contribution in [0.15, 0.2) is 30.3 Å². The van der Waals surface area contributed by atoms with Crippen LogP contribution in [0, 0.1) is 5.92 Å². The molecule has 5 nitrogen and oxygen atoms in total. The summed E-state index contributed by atoms with van der Waals surface area (Å²) in [7, 11) is 0. The predicted molar refractivity (Wildman–Crippen MR) is 67.6 cm³/mol. The molecule has 0 bridgehead atoms. The van der Waals surface area contributed by atoms with Crippen molar-refractivity contribution in [3.8, 4) is 0 Å². The minimum absolute atomic E-state index is 0.0828. The van der Waals surface area contributed by atoms with E-state index in [0.717, 1.165) is 5.56 Å². The molecule has 5 heteroatoms. The van der Waals surface area contributed by atoms with Gasteiger partial charge in [0.15, 0.2) is 0 Å². The van der Waals surface area contributed by atoms with Crippen molar-refractivity contribution in [2.45, 2.75) is 26.6 Å². The van der Waals surface area contributed by atoms with Crippen LogP contribution in [0.2, 0.25) is 0 Å². The van der Waals surface area contributed by atoms with E-state index in [1.807, 2.05) is 44.2 Å². The van der Waals surface area contributed by atoms with Crippen LogP contribution in [0.1, 0.15) is 19.4 Å². The largest absolute Gasteiger partial charge is 0.445 e. The van der Waals surface area contributed by atoms with Gasteiger partial charge in [-0.3, -0.25) is 4.79 Å². The van der Waals surface area contributed by atoms with Crippen molar-refractivity contribution in [1.82, 2.24) is 10.6 Å². The Morgan fingerprint density at radius 3 is 2.56 bits per heavy atom. The molecule has 0 saturated heterocycles. The van der Waals surface area contributed by atoms with Gasteiger partial charge in [-0.2, -0.15) is 0 Å². The topological polar surface area (TPSA) is 67.4 Å². The summed E-state index contributed by atoms with van der Waals surface area (Å²) in [6.45, 7) is 3.98. The lowest BCUT2D eigenvalue weighted by atomic mass is 10.1. The summed E-state index contributed by atoms with van der Waals surface area (Å²) in [6.07, 6.45) is -0.417. The average molecular weight is 250 g/mol. The third-order valence-electron chi connectivity index (χ3n) is 2.40. The van der Waals surface area contributed by atoms with Gasteiger partial charge in [0, 0.05) is 0 Å². The van der Waals surface area contributed by atoms with Gasteiger partial charge in [0.25, 0.3) is 0 Å². The summed E-state index contributed by atoms with van der Waals surface area (Å²) in [5.74, 6) is 0.0828. The molecule has 0 fully saturated rings. The molecule has 1 atom stereocenters. The molecule has 2 amide bonds. The van der Waals surface area contributed by atoms with Crippen LogP contribution in [-0.2, 0) is 16.1 Å². The van der Waals surface area contributed by atoms with E-state index in [2.05, 4.69) is 10.6 Å². The van der Waals surface area contributed by atoms with Crippen molar-refractivity contribution in [3.05, 3.63) is 35.9 Å². The number of carbonyl (C=O) groups excluding carboxylic acids is 2. The first-order chi connectivity index (χ1) is 8.63. The van der Waals surface area contributed by atoms with E-state index in [1.54, 1.807) is 0 Å². The van der Waals surface area contributed by atoms with Crippen LogP contribution in [0.4, 0.5) is 4.79 Å². The standard InChI is InChI=1S/C13H18N2O3/c1-10(2)12(14-9-16)15-13(17)18-8-11-6-4-3-5-7-11/h3-7,9-10,12H,8H2,1-2H3,(H,14,16)(H,15,17). The first-order valence-electron chi connectivity index (χ1n) is 5.80. The Labute approximate surface area is 107 Å². The fraction of sp³-hybridized carbons (Fsp3) is 0.385. The zero-order valence-corrected chi connectivity index (χ0v) is 10.6. The lowest BCUT2D eigenvalue weighted by Crippen LogP contribution is -2.48. The molecule has 0 heterocycles. The van der Waals surface area contributed by atoms with Crippen molar-refractivity contribution in [2.75, 3.05) is 0 Å². The second-order valence-corrected chi connectivity index (χ2v) is 4.21. The molecule has 1 aromatic carbocycles. The summed E-state index contributed by atoms with van der Waals surface area (Å²) in [4.78, 5) is 21.9. The second kappa shape index (κ2) is 7.32. The highest BCUT2D eigenvalue weighted by Crippen LogP contribution is 2.02. The molecular formula is C13H18N2O3. The molecule has 0 aliphatic heterocycles. The lowest BCUT2D eigenvalue weighted by Gasteiger charge is -2.20. The van der Waals surface area contributed by atoms with E-state index >= 15 is 0 Å². The highest BCUT2D eigenvalue weighted by Gasteiger charge is 2.15. The van der Waals surface area contributed by atoms with E-state index in [1.165, 1.54) is 0 Å². The molecule has 18 heavy (non-hydrogen) atoms. The predicted octanol–water partition coefficient (Wildman–Crippen LogP) is 1.64. The summed E-state index contributed by atoms with van der Waals surface area (Å²) in [5, 5.41) is 5.10. The quantitative estimate of drug-likeness (QED) is 0.595. The number of hydrogen-bond donors (Lipinski definition) is 2. The summed E-state index contributed by atoms with van der Waals surface area (Å²) in [5.41, 5.74) is 0.914. The number of rotatable bonds is 6. The summed E-state index contributed by atoms with van der Waals surface area (Å²) in [6, 6.07) is 9.39. The number of amides is 2. The molecule has 1 aromatic rings. The number of alkyl carbamates (subject to hydrolysis) is 1. The number of ether oxygens (including phenoxy) is 1. The van der Waals surface area contributed by atoms with Gasteiger partial charge in [-0.1, -0.05) is 44.2 Å². The first-order valence-corrected chi connectivity index (χ1v) is 5.80. The molecule has 0 aliphatic rings. The van der Waals surface area contributed by atoms with Crippen molar-refractivity contribution in [2.24, 2.45) is 5.92 Å². The molecule has 0 spiro atoms. The van der Waals surface area contributed by atoms with E-state index in [4.69, 9.17) is 4.74 Å². The maximum absolute atomic E-state index is 11.5. The van der Waals surface area contributed by atoms with Gasteiger partial charge in [0.2, 0.25) is 6.41 Å². The van der Waals surface area contributed by atoms with Gasteiger partial charge in [0.1, 0.15) is 12.8 Å². The fourth-order valence-electron chi connectivity index (χ4n) is 1.37. The van der Waals surface area contributed by atoms with Gasteiger partial charge < -0.3 is 15.4 Å². The molecular weight excluding hydrogens is 232 g/mol. The third kappa shape index (κ3) is 4.86. The highest BCUT2D eigenvalue weighted by molar-refractivity contribution is 5.68. The molecule has 98 valence electrons. The Hall–Kier alpha value is -2.04. The van der Waals surface area contributed by atoms with E-state index < -0.39 is 12.3 Å². The maximum Gasteiger partial charge on any atom is 0.409 e. The van der Waals surface area contributed by atoms with Gasteiger partial charge >= 0.3 is 6.09 Å². The Morgan fingerprint density at radius 2 is 2.00 bits per heavy atom. The Morgan fingerprint density at radius 1 is 1.33 bits per heavy atom. The summed E-state index contributed by atoms with van der Waals surface area (Å²) < 4.78 is 5.05. The third-order valence-corrected chi connectivity index (χ3v) is 2.40. The van der Waals surface area contributed by atoms with Crippen molar-refractivity contribution in [1.29, 1.82) is 0 Å². The van der Waals surface area contributed by atoms with Crippen LogP contribution in [0.25, 0.3) is 0 Å². The number of benzene rings is 1. The zero-order valence-electron chi connectivity index (χ0n) is 10.6. The number of hydrogen-bond acceptors (Lipinski definition) is 3. The van der Waals surface area contributed by atoms with Crippen LogP contribution >= 0.6 is 0 Å². The highest BCUT2D eigenvalue weighted by atomic mass is 16.5. The molecule has 0 aliphatic carbocycles. The van der Waals surface area contributed by atoms with E-state index in [9.17, 15) is 9.59 Å². The van der Waals surface area contributed by atoms with Gasteiger partial charge in [0.05, 0.1) is 0 Å². The lowest BCUT2D eigenvalue weighted by molar-refractivity contribution is -0.110. The van der Waals surface area contributed by atoms with E-state index in [0.29, 0.717) is 6.41 Å². The first kappa shape index (κ1) is 14.0. The number of carbonyl (C=O) groups is 2. The van der Waals surface area contributed by atoms with Crippen LogP contribution in [0.5, 0.6) is 0 Å². The maximum atomic E-state index is 11.5. The van der Waals surface area contributed by atoms with Crippen molar-refractivity contribution < 1.29 is 14.3 Å². The van der Waals surface area contributed by atoms with Crippen LogP contribution in [-0.4, -0.2) is 18.7 Å². The summed E-state index contributed by atoms with van der Waals surface area (Å²) >= 11 is 0. The minimum Gasteiger partial charge on any atom is -0.445 e. The van der Waals surface area contributed by atoms with Crippen molar-refractivity contribution >= 4 is 12.5 Å². The Bertz CT molecular complexity index is 379. The number of nitrogens with one attached hydrogen (secondary N) is 2. The molecule has 2 N–H and O–H groups in total. The fourth-order valence-corrected chi connectivity index (χ4v) is 1.37. The zero-order chi connectivity index (χ0) is 13.4.